The molecule has 1 aromatic rings. The minimum atomic E-state index is 0.296. The summed E-state index contributed by atoms with van der Waals surface area (Å²) in [6.45, 7) is 7.08. The van der Waals surface area contributed by atoms with Gasteiger partial charge in [0.1, 0.15) is 5.84 Å². The van der Waals surface area contributed by atoms with E-state index in [0.29, 0.717) is 12.3 Å². The lowest BCUT2D eigenvalue weighted by molar-refractivity contribution is 0.316. The van der Waals surface area contributed by atoms with Crippen molar-refractivity contribution in [2.45, 2.75) is 46.6 Å². The molecule has 0 fully saturated rings. The second-order valence-corrected chi connectivity index (χ2v) is 4.07. The van der Waals surface area contributed by atoms with Gasteiger partial charge < -0.3 is 10.9 Å². The van der Waals surface area contributed by atoms with E-state index in [2.05, 4.69) is 24.1 Å². The number of aryl methyl sites for hydroxylation is 2. The Bertz CT molecular complexity index is 382. The fraction of sp³-hybridized carbons (Fsp3) is 0.636. The van der Waals surface area contributed by atoms with Gasteiger partial charge in [0.05, 0.1) is 5.69 Å². The fourth-order valence-electron chi connectivity index (χ4n) is 1.62. The highest BCUT2D eigenvalue weighted by Crippen LogP contribution is 2.11. The lowest BCUT2D eigenvalue weighted by Crippen LogP contribution is -2.11. The predicted molar refractivity (Wildman–Crippen MR) is 63.7 cm³/mol. The highest BCUT2D eigenvalue weighted by Gasteiger charge is 2.06. The van der Waals surface area contributed by atoms with E-state index in [-0.39, 0.29) is 0 Å². The first-order valence-electron chi connectivity index (χ1n) is 5.53. The number of unbranched alkanes of at least 4 members (excludes halogenated alkanes) is 1. The molecule has 1 aromatic heterocycles. The van der Waals surface area contributed by atoms with Crippen molar-refractivity contribution in [1.29, 1.82) is 0 Å². The molecule has 1 rings (SSSR count). The summed E-state index contributed by atoms with van der Waals surface area (Å²) in [5.74, 6) is 0.296. The molecule has 16 heavy (non-hydrogen) atoms. The molecule has 0 unspecified atom stereocenters. The minimum absolute atomic E-state index is 0.296. The average Bonchev–Trinajstić information content (AvgIpc) is 2.52. The Morgan fingerprint density at radius 3 is 2.56 bits per heavy atom. The zero-order chi connectivity index (χ0) is 12.1. The van der Waals surface area contributed by atoms with E-state index >= 15 is 0 Å². The number of hydrogen-bond acceptors (Lipinski definition) is 3. The maximum Gasteiger partial charge on any atom is 0.139 e. The highest BCUT2D eigenvalue weighted by molar-refractivity contribution is 5.79. The van der Waals surface area contributed by atoms with Crippen LogP contribution in [-0.4, -0.2) is 20.8 Å². The Morgan fingerprint density at radius 1 is 1.38 bits per heavy atom. The topological polar surface area (TPSA) is 76.4 Å². The maximum absolute atomic E-state index is 8.38. The monoisotopic (exact) mass is 224 g/mol. The first-order chi connectivity index (χ1) is 7.56. The second-order valence-electron chi connectivity index (χ2n) is 4.07. The number of nitrogens with two attached hydrogens (primary N) is 1. The molecule has 0 radical (unpaired) electrons. The molecule has 0 atom stereocenters. The summed E-state index contributed by atoms with van der Waals surface area (Å²) in [6.07, 6.45) is 2.53. The summed E-state index contributed by atoms with van der Waals surface area (Å²) in [5, 5.41) is 15.8. The predicted octanol–water partition coefficient (Wildman–Crippen LogP) is 1.73. The van der Waals surface area contributed by atoms with Crippen molar-refractivity contribution in [1.82, 2.24) is 9.78 Å². The van der Waals surface area contributed by atoms with Crippen LogP contribution in [0.15, 0.2) is 5.16 Å². The number of nitrogens with zero attached hydrogens (tertiary/aromatic N) is 3. The zero-order valence-corrected chi connectivity index (χ0v) is 10.2. The number of rotatable bonds is 5. The molecule has 0 aliphatic rings. The van der Waals surface area contributed by atoms with Crippen LogP contribution in [-0.2, 0) is 6.54 Å². The quantitative estimate of drug-likeness (QED) is 0.263. The summed E-state index contributed by atoms with van der Waals surface area (Å²) in [6, 6.07) is 0. The lowest BCUT2D eigenvalue weighted by atomic mass is 10.2. The van der Waals surface area contributed by atoms with E-state index in [1.807, 2.05) is 11.6 Å². The molecule has 0 amide bonds. The van der Waals surface area contributed by atoms with E-state index in [9.17, 15) is 0 Å². The van der Waals surface area contributed by atoms with Crippen LogP contribution < -0.4 is 5.73 Å². The normalized spacial score (nSPS) is 12.1. The van der Waals surface area contributed by atoms with Crippen molar-refractivity contribution in [2.24, 2.45) is 10.9 Å². The third kappa shape index (κ3) is 2.98. The maximum atomic E-state index is 8.38. The first kappa shape index (κ1) is 12.5. The van der Waals surface area contributed by atoms with Gasteiger partial charge in [-0.15, -0.1) is 0 Å². The van der Waals surface area contributed by atoms with Gasteiger partial charge >= 0.3 is 0 Å². The Labute approximate surface area is 95.9 Å². The minimum Gasteiger partial charge on any atom is -0.409 e. The molecule has 3 N–H and O–H groups in total. The van der Waals surface area contributed by atoms with Gasteiger partial charge in [-0.25, -0.2) is 0 Å². The van der Waals surface area contributed by atoms with Gasteiger partial charge in [-0.1, -0.05) is 5.16 Å². The van der Waals surface area contributed by atoms with Crippen molar-refractivity contribution in [2.75, 3.05) is 0 Å². The van der Waals surface area contributed by atoms with Gasteiger partial charge in [0, 0.05) is 18.7 Å². The van der Waals surface area contributed by atoms with Gasteiger partial charge in [0.15, 0.2) is 0 Å². The Kier molecular flexibility index (Phi) is 4.34. The Morgan fingerprint density at radius 2 is 2.06 bits per heavy atom. The largest absolute Gasteiger partial charge is 0.409 e. The molecule has 0 aromatic carbocycles. The number of oxime groups is 1. The van der Waals surface area contributed by atoms with Crippen LogP contribution in [0.4, 0.5) is 0 Å². The van der Waals surface area contributed by atoms with Crippen molar-refractivity contribution < 1.29 is 5.21 Å². The van der Waals surface area contributed by atoms with E-state index < -0.39 is 0 Å². The third-order valence-corrected chi connectivity index (χ3v) is 2.92. The molecule has 0 spiro atoms. The van der Waals surface area contributed by atoms with Gasteiger partial charge in [-0.3, -0.25) is 4.68 Å². The molecule has 90 valence electrons. The molecule has 0 aliphatic carbocycles. The van der Waals surface area contributed by atoms with Gasteiger partial charge in [0.25, 0.3) is 0 Å². The van der Waals surface area contributed by atoms with E-state index in [1.54, 1.807) is 0 Å². The highest BCUT2D eigenvalue weighted by atomic mass is 16.4. The van der Waals surface area contributed by atoms with Crippen molar-refractivity contribution >= 4 is 5.84 Å². The fourth-order valence-corrected chi connectivity index (χ4v) is 1.62. The van der Waals surface area contributed by atoms with Crippen molar-refractivity contribution in [3.05, 3.63) is 17.0 Å². The van der Waals surface area contributed by atoms with Gasteiger partial charge in [-0.05, 0) is 39.2 Å². The zero-order valence-electron chi connectivity index (χ0n) is 10.2. The van der Waals surface area contributed by atoms with E-state index in [0.717, 1.165) is 25.1 Å². The third-order valence-electron chi connectivity index (χ3n) is 2.92. The number of hydrogen-bond donors (Lipinski definition) is 2. The van der Waals surface area contributed by atoms with Crippen LogP contribution in [0, 0.1) is 20.8 Å². The van der Waals surface area contributed by atoms with Crippen LogP contribution in [0.25, 0.3) is 0 Å². The lowest BCUT2D eigenvalue weighted by Gasteiger charge is -2.04. The molecule has 0 saturated heterocycles. The molecule has 5 heteroatoms. The molecule has 5 nitrogen and oxygen atoms in total. The molecular weight excluding hydrogens is 204 g/mol. The SMILES string of the molecule is Cc1nn(CCCC/C(N)=N/O)c(C)c1C. The summed E-state index contributed by atoms with van der Waals surface area (Å²) in [4.78, 5) is 0. The molecule has 0 aliphatic heterocycles. The van der Waals surface area contributed by atoms with Gasteiger partial charge in [-0.2, -0.15) is 5.10 Å². The second kappa shape index (κ2) is 5.53. The summed E-state index contributed by atoms with van der Waals surface area (Å²) in [7, 11) is 0. The number of amidine groups is 1. The molecule has 0 bridgehead atoms. The van der Waals surface area contributed by atoms with Crippen molar-refractivity contribution in [3.8, 4) is 0 Å². The Hall–Kier alpha value is -1.52. The first-order valence-corrected chi connectivity index (χ1v) is 5.53. The smallest absolute Gasteiger partial charge is 0.139 e. The van der Waals surface area contributed by atoms with Crippen LogP contribution >= 0.6 is 0 Å². The Balaban J connectivity index is 2.41. The van der Waals surface area contributed by atoms with Crippen LogP contribution in [0.1, 0.15) is 36.2 Å². The van der Waals surface area contributed by atoms with E-state index in [1.165, 1.54) is 11.3 Å². The van der Waals surface area contributed by atoms with Crippen LogP contribution in [0.2, 0.25) is 0 Å². The van der Waals surface area contributed by atoms with Gasteiger partial charge in [0.2, 0.25) is 0 Å². The molecular formula is C11H20N4O. The molecule has 1 heterocycles. The molecule has 0 saturated carbocycles. The summed E-state index contributed by atoms with van der Waals surface area (Å²) >= 11 is 0. The average molecular weight is 224 g/mol. The van der Waals surface area contributed by atoms with Crippen LogP contribution in [0.3, 0.4) is 0 Å². The van der Waals surface area contributed by atoms with E-state index in [4.69, 9.17) is 10.9 Å². The summed E-state index contributed by atoms with van der Waals surface area (Å²) in [5.41, 5.74) is 8.96. The van der Waals surface area contributed by atoms with Crippen molar-refractivity contribution in [3.63, 3.8) is 0 Å². The summed E-state index contributed by atoms with van der Waals surface area (Å²) < 4.78 is 2.02. The van der Waals surface area contributed by atoms with Crippen LogP contribution in [0.5, 0.6) is 0 Å². The number of aromatic nitrogens is 2. The standard InChI is InChI=1S/C11H20N4O/c1-8-9(2)13-15(10(8)3)7-5-4-6-11(12)14-16/h16H,4-7H2,1-3H3,(H2,12,14).